The van der Waals surface area contributed by atoms with Crippen LogP contribution in [0.2, 0.25) is 0 Å². The van der Waals surface area contributed by atoms with Gasteiger partial charge in [0.2, 0.25) is 0 Å². The molecule has 2 N–H and O–H groups in total. The van der Waals surface area contributed by atoms with Crippen molar-refractivity contribution in [2.75, 3.05) is 0 Å². The number of aliphatic carboxylic acids is 1. The number of furan rings is 1. The van der Waals surface area contributed by atoms with Gasteiger partial charge in [0.05, 0.1) is 0 Å². The summed E-state index contributed by atoms with van der Waals surface area (Å²) in [6.07, 6.45) is 0.360. The second kappa shape index (κ2) is 5.95. The number of amides is 1. The van der Waals surface area contributed by atoms with Crippen LogP contribution in [0.3, 0.4) is 0 Å². The fourth-order valence-electron chi connectivity index (χ4n) is 2.06. The molecule has 0 radical (unpaired) electrons. The molecule has 0 aliphatic rings. The Balaban J connectivity index is 2.19. The Kier molecular flexibility index (Phi) is 4.26. The highest BCUT2D eigenvalue weighted by Gasteiger charge is 2.23. The zero-order valence-electron chi connectivity index (χ0n) is 12.2. The first-order chi connectivity index (χ1) is 9.86. The van der Waals surface area contributed by atoms with E-state index in [1.54, 1.807) is 12.1 Å². The number of hydrogen-bond donors (Lipinski definition) is 2. The van der Waals surface area contributed by atoms with Gasteiger partial charge >= 0.3 is 5.97 Å². The smallest absolute Gasteiger partial charge is 0.326 e. The van der Waals surface area contributed by atoms with Gasteiger partial charge < -0.3 is 14.8 Å². The van der Waals surface area contributed by atoms with Gasteiger partial charge in [-0.2, -0.15) is 0 Å². The second-order valence-corrected chi connectivity index (χ2v) is 5.44. The molecule has 112 valence electrons. The van der Waals surface area contributed by atoms with Gasteiger partial charge in [0.1, 0.15) is 11.6 Å². The lowest BCUT2D eigenvalue weighted by atomic mass is 10.0. The highest BCUT2D eigenvalue weighted by atomic mass is 16.4. The van der Waals surface area contributed by atoms with E-state index in [1.165, 1.54) is 6.07 Å². The molecule has 6 heteroatoms. The van der Waals surface area contributed by atoms with E-state index in [1.807, 2.05) is 20.8 Å². The minimum atomic E-state index is -1.05. The molecule has 21 heavy (non-hydrogen) atoms. The molecular weight excluding hydrogens is 272 g/mol. The van der Waals surface area contributed by atoms with Crippen LogP contribution in [-0.4, -0.2) is 28.0 Å². The molecule has 0 aliphatic carbocycles. The molecular formula is C15H18N2O4. The zero-order valence-corrected chi connectivity index (χ0v) is 12.2. The Morgan fingerprint density at radius 3 is 2.71 bits per heavy atom. The van der Waals surface area contributed by atoms with Crippen LogP contribution in [0.4, 0.5) is 0 Å². The maximum absolute atomic E-state index is 12.1. The van der Waals surface area contributed by atoms with Crippen LogP contribution in [-0.2, 0) is 4.79 Å². The van der Waals surface area contributed by atoms with Crippen molar-refractivity contribution < 1.29 is 19.1 Å². The van der Waals surface area contributed by atoms with Gasteiger partial charge in [-0.15, -0.1) is 0 Å². The molecule has 2 rings (SSSR count). The quantitative estimate of drug-likeness (QED) is 0.881. The van der Waals surface area contributed by atoms with E-state index >= 15 is 0 Å². The van der Waals surface area contributed by atoms with Gasteiger partial charge in [0, 0.05) is 11.8 Å². The number of aryl methyl sites for hydroxylation is 1. The number of nitrogens with one attached hydrogen (secondary N) is 1. The van der Waals surface area contributed by atoms with E-state index in [0.717, 1.165) is 5.69 Å². The maximum Gasteiger partial charge on any atom is 0.326 e. The Hall–Kier alpha value is -2.37. The molecule has 2 heterocycles. The van der Waals surface area contributed by atoms with Crippen molar-refractivity contribution in [2.24, 2.45) is 5.92 Å². The Bertz CT molecular complexity index is 675. The first-order valence-corrected chi connectivity index (χ1v) is 6.77. The lowest BCUT2D eigenvalue weighted by Crippen LogP contribution is -2.41. The van der Waals surface area contributed by atoms with E-state index in [4.69, 9.17) is 9.52 Å². The van der Waals surface area contributed by atoms with Gasteiger partial charge in [-0.05, 0) is 31.4 Å². The number of carboxylic acids is 1. The van der Waals surface area contributed by atoms with Crippen molar-refractivity contribution in [1.29, 1.82) is 0 Å². The summed E-state index contributed by atoms with van der Waals surface area (Å²) >= 11 is 0. The van der Waals surface area contributed by atoms with Gasteiger partial charge in [-0.25, -0.2) is 9.78 Å². The van der Waals surface area contributed by atoms with Crippen LogP contribution < -0.4 is 5.32 Å². The normalized spacial score (nSPS) is 12.6. The summed E-state index contributed by atoms with van der Waals surface area (Å²) in [5, 5.41) is 11.6. The molecule has 0 aliphatic heterocycles. The minimum Gasteiger partial charge on any atom is -0.480 e. The van der Waals surface area contributed by atoms with Crippen LogP contribution in [0.5, 0.6) is 0 Å². The highest BCUT2D eigenvalue weighted by molar-refractivity contribution is 5.97. The summed E-state index contributed by atoms with van der Waals surface area (Å²) in [5.74, 6) is -1.37. The van der Waals surface area contributed by atoms with E-state index in [0.29, 0.717) is 17.5 Å². The van der Waals surface area contributed by atoms with E-state index in [-0.39, 0.29) is 11.7 Å². The van der Waals surface area contributed by atoms with Crippen molar-refractivity contribution in [3.8, 4) is 0 Å². The summed E-state index contributed by atoms with van der Waals surface area (Å²) in [7, 11) is 0. The number of carboxylic acid groups (broad SMARTS) is 1. The zero-order chi connectivity index (χ0) is 15.6. The molecule has 0 saturated carbocycles. The fourth-order valence-corrected chi connectivity index (χ4v) is 2.06. The van der Waals surface area contributed by atoms with Gasteiger partial charge in [-0.1, -0.05) is 13.8 Å². The predicted octanol–water partition coefficient (Wildman–Crippen LogP) is 2.37. The number of hydrogen-bond acceptors (Lipinski definition) is 4. The number of rotatable bonds is 5. The number of aromatic nitrogens is 1. The van der Waals surface area contributed by atoms with Crippen LogP contribution >= 0.6 is 0 Å². The van der Waals surface area contributed by atoms with E-state index < -0.39 is 17.9 Å². The highest BCUT2D eigenvalue weighted by Crippen LogP contribution is 2.18. The third kappa shape index (κ3) is 3.59. The summed E-state index contributed by atoms with van der Waals surface area (Å²) < 4.78 is 5.40. The first-order valence-electron chi connectivity index (χ1n) is 6.77. The summed E-state index contributed by atoms with van der Waals surface area (Å²) in [6, 6.07) is 4.11. The molecule has 0 aromatic carbocycles. The molecule has 0 spiro atoms. The van der Waals surface area contributed by atoms with Gasteiger partial charge in [0.15, 0.2) is 11.3 Å². The van der Waals surface area contributed by atoms with E-state index in [2.05, 4.69) is 10.3 Å². The summed E-state index contributed by atoms with van der Waals surface area (Å²) in [5.41, 5.74) is 1.90. The number of carbonyl (C=O) groups excluding carboxylic acids is 1. The molecule has 6 nitrogen and oxygen atoms in total. The summed E-state index contributed by atoms with van der Waals surface area (Å²) in [6.45, 7) is 5.64. The second-order valence-electron chi connectivity index (χ2n) is 5.44. The van der Waals surface area contributed by atoms with Crippen LogP contribution in [0, 0.1) is 12.8 Å². The number of fused-ring (bicyclic) bond motifs is 1. The Labute approximate surface area is 122 Å². The average molecular weight is 290 g/mol. The third-order valence-electron chi connectivity index (χ3n) is 3.05. The molecule has 0 fully saturated rings. The number of carbonyl (C=O) groups is 2. The van der Waals surface area contributed by atoms with Crippen molar-refractivity contribution >= 4 is 23.0 Å². The predicted molar refractivity (Wildman–Crippen MR) is 77.1 cm³/mol. The lowest BCUT2D eigenvalue weighted by molar-refractivity contribution is -0.139. The molecule has 0 saturated heterocycles. The number of pyridine rings is 1. The van der Waals surface area contributed by atoms with Gasteiger partial charge in [0.25, 0.3) is 5.91 Å². The molecule has 0 unspecified atom stereocenters. The standard InChI is InChI=1S/C15H18N2O4/c1-8(2)6-11(15(19)20)17-14(18)13-7-10-12(21-13)5-4-9(3)16-10/h4-5,7-8,11H,6H2,1-3H3,(H,17,18)(H,19,20)/t11-/m1/s1. The molecule has 2 aromatic heterocycles. The molecule has 0 bridgehead atoms. The third-order valence-corrected chi connectivity index (χ3v) is 3.05. The van der Waals surface area contributed by atoms with Crippen LogP contribution in [0.1, 0.15) is 36.5 Å². The molecule has 1 amide bonds. The van der Waals surface area contributed by atoms with Crippen LogP contribution in [0.15, 0.2) is 22.6 Å². The summed E-state index contributed by atoms with van der Waals surface area (Å²) in [4.78, 5) is 27.5. The van der Waals surface area contributed by atoms with Crippen molar-refractivity contribution in [3.05, 3.63) is 29.7 Å². The maximum atomic E-state index is 12.1. The fraction of sp³-hybridized carbons (Fsp3) is 0.400. The minimum absolute atomic E-state index is 0.0677. The SMILES string of the molecule is Cc1ccc2oc(C(=O)N[C@H](CC(C)C)C(=O)O)cc2n1. The topological polar surface area (TPSA) is 92.4 Å². The van der Waals surface area contributed by atoms with Gasteiger partial charge in [-0.3, -0.25) is 4.79 Å². The van der Waals surface area contributed by atoms with E-state index in [9.17, 15) is 9.59 Å². The van der Waals surface area contributed by atoms with Crippen molar-refractivity contribution in [3.63, 3.8) is 0 Å². The van der Waals surface area contributed by atoms with Crippen molar-refractivity contribution in [2.45, 2.75) is 33.2 Å². The lowest BCUT2D eigenvalue weighted by Gasteiger charge is -2.15. The van der Waals surface area contributed by atoms with Crippen molar-refractivity contribution in [1.82, 2.24) is 10.3 Å². The largest absolute Gasteiger partial charge is 0.480 e. The first kappa shape index (κ1) is 15.0. The number of nitrogens with zero attached hydrogens (tertiary/aromatic N) is 1. The Morgan fingerprint density at radius 1 is 1.38 bits per heavy atom. The molecule has 2 aromatic rings. The van der Waals surface area contributed by atoms with Crippen LogP contribution in [0.25, 0.3) is 11.1 Å². The molecule has 1 atom stereocenters. The Morgan fingerprint density at radius 2 is 2.10 bits per heavy atom. The average Bonchev–Trinajstić information content (AvgIpc) is 2.80. The monoisotopic (exact) mass is 290 g/mol.